The van der Waals surface area contributed by atoms with Crippen molar-refractivity contribution in [1.82, 2.24) is 4.31 Å². The first-order valence-electron chi connectivity index (χ1n) is 9.49. The average molecular weight is 451 g/mol. The van der Waals surface area contributed by atoms with E-state index < -0.39 is 34.5 Å². The van der Waals surface area contributed by atoms with E-state index in [0.29, 0.717) is 23.6 Å². The van der Waals surface area contributed by atoms with Crippen molar-refractivity contribution in [2.45, 2.75) is 37.6 Å². The van der Waals surface area contributed by atoms with Gasteiger partial charge in [-0.3, -0.25) is 9.59 Å². The van der Waals surface area contributed by atoms with Crippen LogP contribution >= 0.6 is 11.6 Å². The molecule has 2 aromatic carbocycles. The molecule has 0 bridgehead atoms. The van der Waals surface area contributed by atoms with E-state index in [0.717, 1.165) is 15.4 Å². The van der Waals surface area contributed by atoms with Crippen LogP contribution in [0.4, 0.5) is 5.69 Å². The van der Waals surface area contributed by atoms with Crippen LogP contribution in [0, 0.1) is 13.8 Å². The highest BCUT2D eigenvalue weighted by Gasteiger charge is 2.40. The van der Waals surface area contributed by atoms with Gasteiger partial charge in [-0.05, 0) is 74.2 Å². The number of hydrogen-bond donors (Lipinski definition) is 1. The minimum absolute atomic E-state index is 0.0548. The third kappa shape index (κ3) is 5.19. The van der Waals surface area contributed by atoms with E-state index >= 15 is 0 Å². The molecule has 7 nitrogen and oxygen atoms in total. The smallest absolute Gasteiger partial charge is 0.324 e. The fourth-order valence-electron chi connectivity index (χ4n) is 3.48. The van der Waals surface area contributed by atoms with Gasteiger partial charge in [0, 0.05) is 17.3 Å². The van der Waals surface area contributed by atoms with Crippen molar-refractivity contribution in [1.29, 1.82) is 0 Å². The molecule has 160 valence electrons. The molecule has 1 aliphatic heterocycles. The molecule has 1 heterocycles. The van der Waals surface area contributed by atoms with Crippen LogP contribution in [0.15, 0.2) is 47.4 Å². The predicted molar refractivity (Wildman–Crippen MR) is 114 cm³/mol. The number of ether oxygens (including phenoxy) is 1. The summed E-state index contributed by atoms with van der Waals surface area (Å²) in [6.07, 6.45) is 0.867. The van der Waals surface area contributed by atoms with Crippen molar-refractivity contribution in [2.24, 2.45) is 0 Å². The number of benzene rings is 2. The van der Waals surface area contributed by atoms with Gasteiger partial charge >= 0.3 is 5.97 Å². The molecule has 0 unspecified atom stereocenters. The molecule has 0 aromatic heterocycles. The maximum atomic E-state index is 12.9. The summed E-state index contributed by atoms with van der Waals surface area (Å²) in [6, 6.07) is 10.4. The van der Waals surface area contributed by atoms with Crippen molar-refractivity contribution in [3.63, 3.8) is 0 Å². The topological polar surface area (TPSA) is 92.8 Å². The Labute approximate surface area is 181 Å². The summed E-state index contributed by atoms with van der Waals surface area (Å²) in [5.41, 5.74) is 2.61. The zero-order valence-corrected chi connectivity index (χ0v) is 18.3. The number of hydrogen-bond acceptors (Lipinski definition) is 5. The van der Waals surface area contributed by atoms with Gasteiger partial charge in [0.1, 0.15) is 6.04 Å². The first kappa shape index (κ1) is 22.3. The van der Waals surface area contributed by atoms with Gasteiger partial charge in [-0.2, -0.15) is 4.31 Å². The maximum absolute atomic E-state index is 12.9. The van der Waals surface area contributed by atoms with Crippen molar-refractivity contribution in [2.75, 3.05) is 18.5 Å². The minimum atomic E-state index is -3.87. The summed E-state index contributed by atoms with van der Waals surface area (Å²) in [5, 5.41) is 3.10. The number of carbonyl (C=O) groups excluding carboxylic acids is 2. The third-order valence-electron chi connectivity index (χ3n) is 4.75. The molecule has 1 atom stereocenters. The Morgan fingerprint density at radius 2 is 1.77 bits per heavy atom. The van der Waals surface area contributed by atoms with E-state index in [1.807, 2.05) is 32.0 Å². The number of halogens is 1. The Bertz CT molecular complexity index is 1030. The zero-order valence-electron chi connectivity index (χ0n) is 16.7. The number of sulfonamides is 1. The summed E-state index contributed by atoms with van der Waals surface area (Å²) in [6.45, 7) is 3.55. The molecule has 1 saturated heterocycles. The number of aryl methyl sites for hydroxylation is 2. The van der Waals surface area contributed by atoms with Gasteiger partial charge in [-0.15, -0.1) is 0 Å². The number of nitrogens with zero attached hydrogens (tertiary/aromatic N) is 1. The van der Waals surface area contributed by atoms with Gasteiger partial charge < -0.3 is 10.1 Å². The normalized spacial score (nSPS) is 17.0. The van der Waals surface area contributed by atoms with Crippen LogP contribution in [-0.4, -0.2) is 43.8 Å². The average Bonchev–Trinajstić information content (AvgIpc) is 3.16. The molecule has 1 N–H and O–H groups in total. The molecule has 0 aliphatic carbocycles. The lowest BCUT2D eigenvalue weighted by atomic mass is 10.1. The molecule has 3 rings (SSSR count). The number of amides is 1. The standard InChI is InChI=1S/C21H23ClN2O5S/c1-14-10-15(2)12-17(11-14)23-20(25)13-29-21(26)19-4-3-9-24(19)30(27,28)18-7-5-16(22)6-8-18/h5-8,10-12,19H,3-4,9,13H2,1-2H3,(H,23,25)/t19-/m0/s1. The van der Waals surface area contributed by atoms with Gasteiger partial charge in [0.2, 0.25) is 10.0 Å². The lowest BCUT2D eigenvalue weighted by molar-refractivity contribution is -0.150. The molecule has 1 aliphatic rings. The Balaban J connectivity index is 1.63. The van der Waals surface area contributed by atoms with Gasteiger partial charge in [0.15, 0.2) is 6.61 Å². The maximum Gasteiger partial charge on any atom is 0.324 e. The number of carbonyl (C=O) groups is 2. The summed E-state index contributed by atoms with van der Waals surface area (Å²) in [4.78, 5) is 24.7. The molecule has 0 spiro atoms. The van der Waals surface area contributed by atoms with Gasteiger partial charge in [-0.25, -0.2) is 8.42 Å². The summed E-state index contributed by atoms with van der Waals surface area (Å²) in [7, 11) is -3.87. The highest BCUT2D eigenvalue weighted by Crippen LogP contribution is 2.27. The fraction of sp³-hybridized carbons (Fsp3) is 0.333. The second kappa shape index (κ2) is 9.16. The number of anilines is 1. The number of rotatable bonds is 6. The first-order valence-corrected chi connectivity index (χ1v) is 11.3. The molecular weight excluding hydrogens is 428 g/mol. The number of nitrogens with one attached hydrogen (secondary N) is 1. The Morgan fingerprint density at radius 3 is 2.40 bits per heavy atom. The summed E-state index contributed by atoms with van der Waals surface area (Å²) >= 11 is 5.83. The SMILES string of the molecule is Cc1cc(C)cc(NC(=O)COC(=O)[C@@H]2CCCN2S(=O)(=O)c2ccc(Cl)cc2)c1. The Morgan fingerprint density at radius 1 is 1.13 bits per heavy atom. The molecule has 0 radical (unpaired) electrons. The summed E-state index contributed by atoms with van der Waals surface area (Å²) in [5.74, 6) is -1.22. The molecule has 1 fully saturated rings. The van der Waals surface area contributed by atoms with Gasteiger partial charge in [-0.1, -0.05) is 17.7 Å². The van der Waals surface area contributed by atoms with Crippen LogP contribution in [-0.2, 0) is 24.3 Å². The van der Waals surface area contributed by atoms with Crippen LogP contribution in [0.25, 0.3) is 0 Å². The Hall–Kier alpha value is -2.42. The van der Waals surface area contributed by atoms with Crippen molar-refractivity contribution < 1.29 is 22.7 Å². The fourth-order valence-corrected chi connectivity index (χ4v) is 5.25. The van der Waals surface area contributed by atoms with E-state index in [9.17, 15) is 18.0 Å². The molecular formula is C21H23ClN2O5S. The molecule has 9 heteroatoms. The van der Waals surface area contributed by atoms with Gasteiger partial charge in [0.25, 0.3) is 5.91 Å². The molecule has 30 heavy (non-hydrogen) atoms. The van der Waals surface area contributed by atoms with Gasteiger partial charge in [0.05, 0.1) is 4.90 Å². The van der Waals surface area contributed by atoms with Crippen molar-refractivity contribution >= 4 is 39.2 Å². The van der Waals surface area contributed by atoms with Crippen LogP contribution in [0.2, 0.25) is 5.02 Å². The quantitative estimate of drug-likeness (QED) is 0.681. The van der Waals surface area contributed by atoms with E-state index in [4.69, 9.17) is 16.3 Å². The first-order chi connectivity index (χ1) is 14.2. The second-order valence-electron chi connectivity index (χ2n) is 7.26. The van der Waals surface area contributed by atoms with E-state index in [1.54, 1.807) is 0 Å². The van der Waals surface area contributed by atoms with Crippen LogP contribution < -0.4 is 5.32 Å². The molecule has 1 amide bonds. The molecule has 2 aromatic rings. The Kier molecular flexibility index (Phi) is 6.80. The predicted octanol–water partition coefficient (Wildman–Crippen LogP) is 3.29. The lowest BCUT2D eigenvalue weighted by Crippen LogP contribution is -2.42. The van der Waals surface area contributed by atoms with Crippen LogP contribution in [0.1, 0.15) is 24.0 Å². The summed E-state index contributed by atoms with van der Waals surface area (Å²) < 4.78 is 32.0. The second-order valence-corrected chi connectivity index (χ2v) is 9.59. The van der Waals surface area contributed by atoms with E-state index in [1.165, 1.54) is 24.3 Å². The lowest BCUT2D eigenvalue weighted by Gasteiger charge is -2.22. The largest absolute Gasteiger partial charge is 0.454 e. The highest BCUT2D eigenvalue weighted by molar-refractivity contribution is 7.89. The van der Waals surface area contributed by atoms with Crippen LogP contribution in [0.3, 0.4) is 0 Å². The van der Waals surface area contributed by atoms with E-state index in [-0.39, 0.29) is 11.4 Å². The monoisotopic (exact) mass is 450 g/mol. The highest BCUT2D eigenvalue weighted by atomic mass is 35.5. The zero-order chi connectivity index (χ0) is 21.9. The van der Waals surface area contributed by atoms with Crippen molar-refractivity contribution in [3.05, 3.63) is 58.6 Å². The molecule has 0 saturated carbocycles. The number of esters is 1. The third-order valence-corrected chi connectivity index (χ3v) is 6.92. The van der Waals surface area contributed by atoms with E-state index in [2.05, 4.69) is 5.32 Å². The minimum Gasteiger partial charge on any atom is -0.454 e. The van der Waals surface area contributed by atoms with Crippen LogP contribution in [0.5, 0.6) is 0 Å². The van der Waals surface area contributed by atoms with Crippen molar-refractivity contribution in [3.8, 4) is 0 Å².